The number of carbonyl (C=O) groups excluding carboxylic acids is 1. The van der Waals surface area contributed by atoms with E-state index in [1.54, 1.807) is 6.07 Å². The molecule has 0 radical (unpaired) electrons. The average Bonchev–Trinajstić information content (AvgIpc) is 2.59. The summed E-state index contributed by atoms with van der Waals surface area (Å²) in [7, 11) is 0. The lowest BCUT2D eigenvalue weighted by Gasteiger charge is -2.08. The Kier molecular flexibility index (Phi) is 5.89. The highest BCUT2D eigenvalue weighted by Gasteiger charge is 2.29. The number of amides is 1. The SMILES string of the molecule is N/C(=C\C=C(/N)NC(=O)c1ncccc1Cl)c1ccc(C(F)(F)F)cc1. The number of nitrogens with one attached hydrogen (secondary N) is 1. The molecule has 0 aliphatic rings. The molecule has 0 saturated heterocycles. The minimum absolute atomic E-state index is 0.00482. The summed E-state index contributed by atoms with van der Waals surface area (Å²) in [6.07, 6.45) is -0.346. The van der Waals surface area contributed by atoms with Gasteiger partial charge in [-0.1, -0.05) is 23.7 Å². The van der Waals surface area contributed by atoms with Crippen molar-refractivity contribution in [1.82, 2.24) is 10.3 Å². The minimum atomic E-state index is -4.42. The van der Waals surface area contributed by atoms with Crippen LogP contribution in [-0.2, 0) is 6.18 Å². The van der Waals surface area contributed by atoms with Crippen molar-refractivity contribution in [1.29, 1.82) is 0 Å². The number of alkyl halides is 3. The topological polar surface area (TPSA) is 94.0 Å². The molecule has 2 aromatic rings. The third kappa shape index (κ3) is 5.00. The van der Waals surface area contributed by atoms with E-state index in [1.165, 1.54) is 36.5 Å². The zero-order valence-electron chi connectivity index (χ0n) is 13.2. The van der Waals surface area contributed by atoms with E-state index in [9.17, 15) is 18.0 Å². The van der Waals surface area contributed by atoms with Gasteiger partial charge >= 0.3 is 6.18 Å². The molecule has 0 saturated carbocycles. The summed E-state index contributed by atoms with van der Waals surface area (Å²) in [5, 5.41) is 2.54. The molecule has 0 spiro atoms. The van der Waals surface area contributed by atoms with Crippen molar-refractivity contribution in [2.45, 2.75) is 6.18 Å². The van der Waals surface area contributed by atoms with Gasteiger partial charge in [0.05, 0.1) is 10.6 Å². The molecule has 9 heteroatoms. The van der Waals surface area contributed by atoms with Crippen molar-refractivity contribution in [3.63, 3.8) is 0 Å². The van der Waals surface area contributed by atoms with Gasteiger partial charge < -0.3 is 16.8 Å². The predicted octanol–water partition coefficient (Wildman–Crippen LogP) is 3.28. The molecule has 1 aromatic carbocycles. The molecule has 1 amide bonds. The molecule has 136 valence electrons. The molecule has 1 aromatic heterocycles. The number of carbonyl (C=O) groups is 1. The summed E-state index contributed by atoms with van der Waals surface area (Å²) in [5.41, 5.74) is 11.3. The Morgan fingerprint density at radius 2 is 1.77 bits per heavy atom. The van der Waals surface area contributed by atoms with E-state index < -0.39 is 17.6 Å². The maximum absolute atomic E-state index is 12.5. The van der Waals surface area contributed by atoms with Gasteiger partial charge in [0.1, 0.15) is 11.5 Å². The quantitative estimate of drug-likeness (QED) is 0.707. The fourth-order valence-electron chi connectivity index (χ4n) is 1.91. The van der Waals surface area contributed by atoms with Crippen molar-refractivity contribution in [2.75, 3.05) is 0 Å². The fraction of sp³-hybridized carbons (Fsp3) is 0.0588. The number of nitrogens with two attached hydrogens (primary N) is 2. The lowest BCUT2D eigenvalue weighted by Crippen LogP contribution is -2.28. The van der Waals surface area contributed by atoms with Crippen molar-refractivity contribution < 1.29 is 18.0 Å². The van der Waals surface area contributed by atoms with Crippen LogP contribution in [0.3, 0.4) is 0 Å². The zero-order valence-corrected chi connectivity index (χ0v) is 14.0. The second-order valence-corrected chi connectivity index (χ2v) is 5.51. The number of allylic oxidation sites excluding steroid dienone is 2. The molecule has 0 unspecified atom stereocenters. The Balaban J connectivity index is 2.09. The van der Waals surface area contributed by atoms with Crippen LogP contribution in [0.25, 0.3) is 5.70 Å². The Morgan fingerprint density at radius 3 is 2.35 bits per heavy atom. The van der Waals surface area contributed by atoms with Crippen LogP contribution in [0.15, 0.2) is 60.6 Å². The van der Waals surface area contributed by atoms with Gasteiger partial charge in [0.2, 0.25) is 0 Å². The Hall–Kier alpha value is -3.00. The van der Waals surface area contributed by atoms with Gasteiger partial charge in [0, 0.05) is 11.9 Å². The van der Waals surface area contributed by atoms with Gasteiger partial charge in [0.25, 0.3) is 5.91 Å². The first-order valence-corrected chi connectivity index (χ1v) is 7.58. The molecule has 5 nitrogen and oxygen atoms in total. The maximum atomic E-state index is 12.5. The third-order valence-corrected chi connectivity index (χ3v) is 3.52. The van der Waals surface area contributed by atoms with Crippen LogP contribution in [0.4, 0.5) is 13.2 Å². The number of aromatic nitrogens is 1. The van der Waals surface area contributed by atoms with E-state index >= 15 is 0 Å². The van der Waals surface area contributed by atoms with Crippen LogP contribution in [0.1, 0.15) is 21.6 Å². The Bertz CT molecular complexity index is 861. The van der Waals surface area contributed by atoms with Gasteiger partial charge in [-0.25, -0.2) is 4.98 Å². The highest BCUT2D eigenvalue weighted by Crippen LogP contribution is 2.29. The average molecular weight is 383 g/mol. The van der Waals surface area contributed by atoms with Crippen LogP contribution < -0.4 is 16.8 Å². The van der Waals surface area contributed by atoms with Gasteiger partial charge in [-0.2, -0.15) is 13.2 Å². The largest absolute Gasteiger partial charge is 0.416 e. The normalized spacial score (nSPS) is 12.8. The molecular formula is C17H14ClF3N4O. The molecule has 1 heterocycles. The van der Waals surface area contributed by atoms with Gasteiger partial charge in [-0.15, -0.1) is 0 Å². The van der Waals surface area contributed by atoms with Crippen molar-refractivity contribution >= 4 is 23.2 Å². The summed E-state index contributed by atoms with van der Waals surface area (Å²) >= 11 is 5.86. The lowest BCUT2D eigenvalue weighted by molar-refractivity contribution is -0.137. The highest BCUT2D eigenvalue weighted by atomic mass is 35.5. The summed E-state index contributed by atoms with van der Waals surface area (Å²) in [4.78, 5) is 15.8. The second kappa shape index (κ2) is 7.92. The summed E-state index contributed by atoms with van der Waals surface area (Å²) in [5.74, 6) is -0.641. The number of halogens is 4. The maximum Gasteiger partial charge on any atom is 0.416 e. The van der Waals surface area contributed by atoms with Gasteiger partial charge in [0.15, 0.2) is 0 Å². The van der Waals surface area contributed by atoms with Crippen molar-refractivity contribution in [3.05, 3.63) is 82.4 Å². The first-order chi connectivity index (χ1) is 12.2. The number of benzene rings is 1. The van der Waals surface area contributed by atoms with Crippen LogP contribution in [0, 0.1) is 0 Å². The monoisotopic (exact) mass is 382 g/mol. The van der Waals surface area contributed by atoms with E-state index in [4.69, 9.17) is 23.1 Å². The smallest absolute Gasteiger partial charge is 0.398 e. The highest BCUT2D eigenvalue weighted by molar-refractivity contribution is 6.33. The first kappa shape index (κ1) is 19.3. The number of hydrogen-bond acceptors (Lipinski definition) is 4. The van der Waals surface area contributed by atoms with E-state index in [2.05, 4.69) is 10.3 Å². The zero-order chi connectivity index (χ0) is 19.3. The number of nitrogens with zero attached hydrogens (tertiary/aromatic N) is 1. The molecule has 0 aliphatic heterocycles. The number of rotatable bonds is 4. The number of pyridine rings is 1. The van der Waals surface area contributed by atoms with Crippen LogP contribution in [-0.4, -0.2) is 10.9 Å². The molecule has 0 fully saturated rings. The van der Waals surface area contributed by atoms with Crippen molar-refractivity contribution in [2.24, 2.45) is 11.5 Å². The molecule has 26 heavy (non-hydrogen) atoms. The van der Waals surface area contributed by atoms with E-state index in [0.717, 1.165) is 12.1 Å². The van der Waals surface area contributed by atoms with Crippen molar-refractivity contribution in [3.8, 4) is 0 Å². The number of hydrogen-bond donors (Lipinski definition) is 3. The first-order valence-electron chi connectivity index (χ1n) is 7.21. The standard InChI is InChI=1S/C17H14ClF3N4O/c18-12-2-1-9-24-15(12)16(26)25-14(23)8-7-13(22)10-3-5-11(6-4-10)17(19,20)21/h1-9H,22-23H2,(H,25,26)/b13-7-,14-8+. The third-order valence-electron chi connectivity index (χ3n) is 3.22. The van der Waals surface area contributed by atoms with E-state index in [0.29, 0.717) is 5.56 Å². The summed E-state index contributed by atoms with van der Waals surface area (Å²) in [6, 6.07) is 7.41. The fourth-order valence-corrected chi connectivity index (χ4v) is 2.12. The summed E-state index contributed by atoms with van der Waals surface area (Å²) < 4.78 is 37.6. The molecule has 0 atom stereocenters. The lowest BCUT2D eigenvalue weighted by atomic mass is 10.1. The molecule has 0 bridgehead atoms. The minimum Gasteiger partial charge on any atom is -0.398 e. The van der Waals surface area contributed by atoms with Crippen LogP contribution in [0.5, 0.6) is 0 Å². The Morgan fingerprint density at radius 1 is 1.12 bits per heavy atom. The molecule has 0 aliphatic carbocycles. The second-order valence-electron chi connectivity index (χ2n) is 5.11. The molecule has 5 N–H and O–H groups in total. The van der Waals surface area contributed by atoms with E-state index in [1.807, 2.05) is 0 Å². The summed E-state index contributed by atoms with van der Waals surface area (Å²) in [6.45, 7) is 0. The molecule has 2 rings (SSSR count). The van der Waals surface area contributed by atoms with Crippen LogP contribution >= 0.6 is 11.6 Å². The van der Waals surface area contributed by atoms with E-state index in [-0.39, 0.29) is 22.2 Å². The Labute approximate surface area is 152 Å². The molecular weight excluding hydrogens is 369 g/mol. The predicted molar refractivity (Wildman–Crippen MR) is 92.6 cm³/mol. The van der Waals surface area contributed by atoms with Gasteiger partial charge in [-0.05, 0) is 42.0 Å². The van der Waals surface area contributed by atoms with Crippen LogP contribution in [0.2, 0.25) is 5.02 Å². The van der Waals surface area contributed by atoms with Gasteiger partial charge in [-0.3, -0.25) is 4.79 Å².